The van der Waals surface area contributed by atoms with Crippen molar-refractivity contribution in [3.05, 3.63) is 41.3 Å². The average molecular weight is 404 g/mol. The van der Waals surface area contributed by atoms with Crippen molar-refractivity contribution in [2.45, 2.75) is 38.2 Å². The van der Waals surface area contributed by atoms with Crippen LogP contribution in [-0.2, 0) is 5.60 Å². The Morgan fingerprint density at radius 3 is 2.66 bits per heavy atom. The molecule has 5 N–H and O–H groups in total. The van der Waals surface area contributed by atoms with E-state index in [4.69, 9.17) is 21.1 Å². The molecular weight excluding hydrogens is 379 g/mol. The van der Waals surface area contributed by atoms with Crippen molar-refractivity contribution in [2.75, 3.05) is 18.8 Å². The smallest absolute Gasteiger partial charge is 0.258 e. The van der Waals surface area contributed by atoms with Crippen molar-refractivity contribution in [3.63, 3.8) is 0 Å². The van der Waals surface area contributed by atoms with Gasteiger partial charge in [-0.25, -0.2) is 4.39 Å². The lowest BCUT2D eigenvalue weighted by Gasteiger charge is -2.31. The van der Waals surface area contributed by atoms with E-state index < -0.39 is 11.4 Å². The minimum Gasteiger partial charge on any atom is -0.398 e. The van der Waals surface area contributed by atoms with E-state index in [1.807, 2.05) is 0 Å². The monoisotopic (exact) mass is 404 g/mol. The molecule has 0 aliphatic carbocycles. The number of hydrogen-bond donors (Lipinski definition) is 4. The van der Waals surface area contributed by atoms with Gasteiger partial charge in [-0.3, -0.25) is 4.79 Å². The quantitative estimate of drug-likeness (QED) is 0.453. The summed E-state index contributed by atoms with van der Waals surface area (Å²) < 4.78 is 18.3. The maximum atomic E-state index is 13.2. The number of aliphatic hydroxyl groups is 1. The summed E-state index contributed by atoms with van der Waals surface area (Å²) in [5, 5.41) is 26.0. The lowest BCUT2D eigenvalue weighted by atomic mass is 9.96. The molecule has 3 rings (SSSR count). The molecule has 2 heterocycles. The van der Waals surface area contributed by atoms with Gasteiger partial charge in [0.05, 0.1) is 5.56 Å². The number of hydrogen-bond acceptors (Lipinski definition) is 8. The van der Waals surface area contributed by atoms with Crippen LogP contribution in [0.2, 0.25) is 0 Å². The lowest BCUT2D eigenvalue weighted by Crippen LogP contribution is -2.39. The van der Waals surface area contributed by atoms with Crippen molar-refractivity contribution < 1.29 is 18.8 Å². The zero-order chi connectivity index (χ0) is 21.6. The Morgan fingerprint density at radius 2 is 2.10 bits per heavy atom. The van der Waals surface area contributed by atoms with Crippen LogP contribution >= 0.6 is 0 Å². The third-order valence-electron chi connectivity index (χ3n) is 4.37. The largest absolute Gasteiger partial charge is 0.398 e. The molecule has 9 nitrogen and oxygen atoms in total. The molecule has 1 aromatic heterocycles. The summed E-state index contributed by atoms with van der Waals surface area (Å²) >= 11 is 0. The summed E-state index contributed by atoms with van der Waals surface area (Å²) in [6, 6.07) is 3.76. The summed E-state index contributed by atoms with van der Waals surface area (Å²) in [4.78, 5) is 18.6. The first kappa shape index (κ1) is 22.2. The third-order valence-corrected chi connectivity index (χ3v) is 4.37. The summed E-state index contributed by atoms with van der Waals surface area (Å²) in [6.07, 6.45) is 3.43. The zero-order valence-corrected chi connectivity index (χ0v) is 16.4. The van der Waals surface area contributed by atoms with Gasteiger partial charge in [0.15, 0.2) is 5.82 Å². The minimum atomic E-state index is -1.21. The highest BCUT2D eigenvalue weighted by atomic mass is 19.1. The topological polar surface area (TPSA) is 153 Å². The maximum absolute atomic E-state index is 13.2. The van der Waals surface area contributed by atoms with Crippen LogP contribution in [0.15, 0.2) is 22.7 Å². The predicted molar refractivity (Wildman–Crippen MR) is 106 cm³/mol. The van der Waals surface area contributed by atoms with Crippen LogP contribution in [-0.4, -0.2) is 51.6 Å². The van der Waals surface area contributed by atoms with E-state index in [0.717, 1.165) is 31.3 Å². The van der Waals surface area contributed by atoms with Crippen molar-refractivity contribution in [1.29, 1.82) is 10.8 Å². The molecule has 10 heteroatoms. The molecule has 0 bridgehead atoms. The molecule has 1 aliphatic heterocycles. The number of rotatable bonds is 4. The van der Waals surface area contributed by atoms with E-state index in [0.29, 0.717) is 18.9 Å². The van der Waals surface area contributed by atoms with E-state index in [-0.39, 0.29) is 29.0 Å². The number of halogens is 1. The second-order valence-electron chi connectivity index (χ2n) is 7.17. The van der Waals surface area contributed by atoms with E-state index in [1.54, 1.807) is 18.7 Å². The van der Waals surface area contributed by atoms with E-state index in [1.165, 1.54) is 12.1 Å². The Morgan fingerprint density at radius 1 is 1.41 bits per heavy atom. The highest BCUT2D eigenvalue weighted by molar-refractivity contribution is 6.12. The number of nitrogens with zero attached hydrogens (tertiary/aromatic N) is 3. The van der Waals surface area contributed by atoms with Crippen LogP contribution in [0, 0.1) is 16.6 Å². The van der Waals surface area contributed by atoms with Crippen LogP contribution < -0.4 is 5.73 Å². The van der Waals surface area contributed by atoms with Crippen LogP contribution in [0.4, 0.5) is 10.1 Å². The number of benzene rings is 1. The number of carbonyl (C=O) groups excluding carboxylic acids is 1. The van der Waals surface area contributed by atoms with Gasteiger partial charge in [0.1, 0.15) is 11.4 Å². The average Bonchev–Trinajstić information content (AvgIpc) is 3.19. The third kappa shape index (κ3) is 5.67. The van der Waals surface area contributed by atoms with Gasteiger partial charge >= 0.3 is 0 Å². The molecule has 1 unspecified atom stereocenters. The number of aromatic nitrogens is 2. The number of nitrogen functional groups attached to an aromatic ring is 1. The Bertz CT molecular complexity index is 871. The molecule has 1 aliphatic rings. The first-order valence-corrected chi connectivity index (χ1v) is 9.07. The second-order valence-corrected chi connectivity index (χ2v) is 7.17. The van der Waals surface area contributed by atoms with E-state index in [2.05, 4.69) is 10.1 Å². The zero-order valence-electron chi connectivity index (χ0n) is 16.4. The summed E-state index contributed by atoms with van der Waals surface area (Å²) in [6.45, 7) is 4.14. The number of nitrogens with one attached hydrogen (secondary N) is 2. The van der Waals surface area contributed by atoms with Gasteiger partial charge in [-0.15, -0.1) is 0 Å². The summed E-state index contributed by atoms with van der Waals surface area (Å²) in [7, 11) is 0. The van der Waals surface area contributed by atoms with Crippen LogP contribution in [0.1, 0.15) is 54.7 Å². The molecule has 1 saturated heterocycles. The molecule has 1 fully saturated rings. The highest BCUT2D eigenvalue weighted by Gasteiger charge is 2.31. The number of anilines is 1. The first-order chi connectivity index (χ1) is 13.7. The fourth-order valence-electron chi connectivity index (χ4n) is 2.92. The fraction of sp³-hybridized carbons (Fsp3) is 0.421. The van der Waals surface area contributed by atoms with E-state index in [9.17, 15) is 14.3 Å². The van der Waals surface area contributed by atoms with Gasteiger partial charge in [0, 0.05) is 37.1 Å². The van der Waals surface area contributed by atoms with Crippen molar-refractivity contribution in [1.82, 2.24) is 15.0 Å². The van der Waals surface area contributed by atoms with Gasteiger partial charge in [-0.1, -0.05) is 5.16 Å². The number of piperidine rings is 1. The normalized spacial score (nSPS) is 16.6. The van der Waals surface area contributed by atoms with Gasteiger partial charge < -0.3 is 31.1 Å². The molecule has 1 amide bonds. The van der Waals surface area contributed by atoms with Crippen LogP contribution in [0.25, 0.3) is 0 Å². The molecule has 0 radical (unpaired) electrons. The van der Waals surface area contributed by atoms with E-state index >= 15 is 0 Å². The highest BCUT2D eigenvalue weighted by Crippen LogP contribution is 2.28. The summed E-state index contributed by atoms with van der Waals surface area (Å²) in [5.41, 5.74) is 4.97. The van der Waals surface area contributed by atoms with Gasteiger partial charge in [-0.2, -0.15) is 4.98 Å². The molecule has 1 atom stereocenters. The molecule has 0 saturated carbocycles. The van der Waals surface area contributed by atoms with Crippen LogP contribution in [0.3, 0.4) is 0 Å². The van der Waals surface area contributed by atoms with Gasteiger partial charge in [0.25, 0.3) is 11.8 Å². The number of amides is 1. The second kappa shape index (κ2) is 9.37. The summed E-state index contributed by atoms with van der Waals surface area (Å²) in [5.74, 6) is -0.181. The van der Waals surface area contributed by atoms with Crippen molar-refractivity contribution >= 4 is 24.0 Å². The number of nitrogens with two attached hydrogens (primary N) is 1. The Kier molecular flexibility index (Phi) is 7.16. The lowest BCUT2D eigenvalue weighted by molar-refractivity contribution is 0.0420. The SMILES string of the molecule is CC(C)(O)c1nc(C2CCCN(C(=O)c3ccc(F)cc3N)C2)no1.N=CC=N. The number of likely N-dealkylation sites (tertiary alicyclic amines) is 1. The molecule has 2 aromatic rings. The van der Waals surface area contributed by atoms with Gasteiger partial charge in [-0.05, 0) is 44.9 Å². The Labute approximate surface area is 167 Å². The Hall–Kier alpha value is -3.14. The molecule has 0 spiro atoms. The minimum absolute atomic E-state index is 0.0841. The predicted octanol–water partition coefficient (Wildman–Crippen LogP) is 2.32. The van der Waals surface area contributed by atoms with Crippen molar-refractivity contribution in [3.8, 4) is 0 Å². The molecule has 1 aromatic carbocycles. The molecular formula is C19H25FN6O3. The first-order valence-electron chi connectivity index (χ1n) is 9.07. The standard InChI is InChI=1S/C17H21FN4O3.C2H4N2/c1-17(2,24)16-20-14(21-25-16)10-4-3-7-22(9-10)15(23)12-6-5-11(18)8-13(12)19;3-1-2-4/h5-6,8,10,24H,3-4,7,9,19H2,1-2H3;1-4H. The van der Waals surface area contributed by atoms with Crippen molar-refractivity contribution in [2.24, 2.45) is 0 Å². The Balaban J connectivity index is 0.000000687. The molecule has 156 valence electrons. The van der Waals surface area contributed by atoms with Crippen LogP contribution in [0.5, 0.6) is 0 Å². The fourth-order valence-corrected chi connectivity index (χ4v) is 2.92. The molecule has 29 heavy (non-hydrogen) atoms. The van der Waals surface area contributed by atoms with Gasteiger partial charge in [0.2, 0.25) is 0 Å². The maximum Gasteiger partial charge on any atom is 0.258 e. The number of carbonyl (C=O) groups is 1.